The number of ether oxygens (including phenoxy) is 1. The predicted molar refractivity (Wildman–Crippen MR) is 115 cm³/mol. The topological polar surface area (TPSA) is 58.6 Å². The number of piperidine rings is 1. The average Bonchev–Trinajstić information content (AvgIpc) is 2.71. The van der Waals surface area contributed by atoms with E-state index in [1.54, 1.807) is 12.1 Å². The van der Waals surface area contributed by atoms with E-state index in [2.05, 4.69) is 11.4 Å². The number of likely N-dealkylation sites (tertiary alicyclic amines) is 1. The number of hydrogen-bond acceptors (Lipinski definition) is 3. The number of carbonyl (C=O) groups is 2. The van der Waals surface area contributed by atoms with Crippen LogP contribution in [0.25, 0.3) is 0 Å². The van der Waals surface area contributed by atoms with Crippen LogP contribution < -0.4 is 10.1 Å². The van der Waals surface area contributed by atoms with Gasteiger partial charge in [0.2, 0.25) is 0 Å². The second-order valence-corrected chi connectivity index (χ2v) is 7.73. The van der Waals surface area contributed by atoms with Crippen molar-refractivity contribution in [1.82, 2.24) is 4.90 Å². The van der Waals surface area contributed by atoms with Gasteiger partial charge >= 0.3 is 0 Å². The van der Waals surface area contributed by atoms with Crippen LogP contribution >= 0.6 is 0 Å². The molecule has 1 N–H and O–H groups in total. The molecule has 1 heterocycles. The SMILES string of the molecule is CCC(Oc1cc(C)cc(C)c1)C(=O)Nc1ccccc1C(=O)N1CCCCC1. The Morgan fingerprint density at radius 3 is 2.34 bits per heavy atom. The smallest absolute Gasteiger partial charge is 0.265 e. The standard InChI is InChI=1S/C24H30N2O3/c1-4-22(29-19-15-17(2)14-18(3)16-19)23(27)25-21-11-7-6-10-20(21)24(28)26-12-8-5-9-13-26/h6-7,10-11,14-16,22H,4-5,8-9,12-13H2,1-3H3,(H,25,27). The fraction of sp³-hybridized carbons (Fsp3) is 0.417. The van der Waals surface area contributed by atoms with E-state index < -0.39 is 6.10 Å². The first-order valence-electron chi connectivity index (χ1n) is 10.4. The van der Waals surface area contributed by atoms with Crippen molar-refractivity contribution in [2.75, 3.05) is 18.4 Å². The van der Waals surface area contributed by atoms with Gasteiger partial charge in [0.05, 0.1) is 11.3 Å². The van der Waals surface area contributed by atoms with Crippen molar-refractivity contribution in [2.45, 2.75) is 52.6 Å². The van der Waals surface area contributed by atoms with Gasteiger partial charge in [-0.1, -0.05) is 25.1 Å². The molecule has 0 spiro atoms. The molecular formula is C24H30N2O3. The van der Waals surface area contributed by atoms with Gasteiger partial charge in [-0.3, -0.25) is 9.59 Å². The zero-order valence-electron chi connectivity index (χ0n) is 17.5. The van der Waals surface area contributed by atoms with Crippen LogP contribution in [0.15, 0.2) is 42.5 Å². The lowest BCUT2D eigenvalue weighted by Crippen LogP contribution is -2.37. The summed E-state index contributed by atoms with van der Waals surface area (Å²) in [7, 11) is 0. The van der Waals surface area contributed by atoms with Crippen LogP contribution in [0.3, 0.4) is 0 Å². The molecule has 0 saturated carbocycles. The number of rotatable bonds is 6. The molecule has 1 aliphatic heterocycles. The molecular weight excluding hydrogens is 364 g/mol. The van der Waals surface area contributed by atoms with Gasteiger partial charge in [0, 0.05) is 13.1 Å². The molecule has 1 aliphatic rings. The van der Waals surface area contributed by atoms with E-state index in [-0.39, 0.29) is 11.8 Å². The molecule has 0 bridgehead atoms. The van der Waals surface area contributed by atoms with E-state index in [4.69, 9.17) is 4.74 Å². The molecule has 154 valence electrons. The molecule has 3 rings (SSSR count). The van der Waals surface area contributed by atoms with Gasteiger partial charge in [-0.2, -0.15) is 0 Å². The summed E-state index contributed by atoms with van der Waals surface area (Å²) in [6.45, 7) is 7.47. The Kier molecular flexibility index (Phi) is 6.91. The molecule has 1 atom stereocenters. The zero-order valence-corrected chi connectivity index (χ0v) is 17.5. The predicted octanol–water partition coefficient (Wildman–Crippen LogP) is 4.73. The Balaban J connectivity index is 1.74. The number of anilines is 1. The van der Waals surface area contributed by atoms with Crippen molar-refractivity contribution in [3.05, 3.63) is 59.2 Å². The lowest BCUT2D eigenvalue weighted by atomic mass is 10.1. The average molecular weight is 395 g/mol. The first-order chi connectivity index (χ1) is 14.0. The first kappa shape index (κ1) is 20.9. The summed E-state index contributed by atoms with van der Waals surface area (Å²) in [6, 6.07) is 13.1. The number of nitrogens with one attached hydrogen (secondary N) is 1. The Labute approximate surface area is 173 Å². The van der Waals surface area contributed by atoms with Crippen LogP contribution in [-0.2, 0) is 4.79 Å². The molecule has 0 aromatic heterocycles. The fourth-order valence-corrected chi connectivity index (χ4v) is 3.75. The lowest BCUT2D eigenvalue weighted by molar-refractivity contribution is -0.122. The highest BCUT2D eigenvalue weighted by Crippen LogP contribution is 2.22. The number of benzene rings is 2. The highest BCUT2D eigenvalue weighted by atomic mass is 16.5. The molecule has 1 saturated heterocycles. The quantitative estimate of drug-likeness (QED) is 0.771. The van der Waals surface area contributed by atoms with Crippen LogP contribution in [0.2, 0.25) is 0 Å². The maximum atomic E-state index is 13.0. The molecule has 2 aromatic carbocycles. The van der Waals surface area contributed by atoms with E-state index in [1.165, 1.54) is 0 Å². The summed E-state index contributed by atoms with van der Waals surface area (Å²) in [5, 5.41) is 2.92. The van der Waals surface area contributed by atoms with Gasteiger partial charge in [0.1, 0.15) is 5.75 Å². The summed E-state index contributed by atoms with van der Waals surface area (Å²) in [4.78, 5) is 27.7. The van der Waals surface area contributed by atoms with E-state index in [1.807, 2.05) is 49.9 Å². The summed E-state index contributed by atoms with van der Waals surface area (Å²) in [5.74, 6) is 0.414. The Bertz CT molecular complexity index is 852. The van der Waals surface area contributed by atoms with E-state index in [0.29, 0.717) is 23.4 Å². The number of aryl methyl sites for hydroxylation is 2. The molecule has 5 nitrogen and oxygen atoms in total. The molecule has 1 unspecified atom stereocenters. The molecule has 2 amide bonds. The minimum absolute atomic E-state index is 0.0242. The van der Waals surface area contributed by atoms with Crippen molar-refractivity contribution in [2.24, 2.45) is 0 Å². The van der Waals surface area contributed by atoms with Crippen molar-refractivity contribution in [1.29, 1.82) is 0 Å². The minimum Gasteiger partial charge on any atom is -0.481 e. The minimum atomic E-state index is -0.630. The van der Waals surface area contributed by atoms with Crippen LogP contribution in [0.5, 0.6) is 5.75 Å². The Morgan fingerprint density at radius 2 is 1.69 bits per heavy atom. The molecule has 0 radical (unpaired) electrons. The third kappa shape index (κ3) is 5.37. The molecule has 0 aliphatic carbocycles. The van der Waals surface area contributed by atoms with Gasteiger partial charge < -0.3 is 15.0 Å². The highest BCUT2D eigenvalue weighted by Gasteiger charge is 2.24. The third-order valence-electron chi connectivity index (χ3n) is 5.20. The van der Waals surface area contributed by atoms with Gasteiger partial charge in [-0.05, 0) is 74.9 Å². The second-order valence-electron chi connectivity index (χ2n) is 7.73. The second kappa shape index (κ2) is 9.59. The van der Waals surface area contributed by atoms with Gasteiger partial charge in [0.25, 0.3) is 11.8 Å². The van der Waals surface area contributed by atoms with Gasteiger partial charge in [0.15, 0.2) is 6.10 Å². The first-order valence-corrected chi connectivity index (χ1v) is 10.4. The number of para-hydroxylation sites is 1. The summed E-state index contributed by atoms with van der Waals surface area (Å²) >= 11 is 0. The Hall–Kier alpha value is -2.82. The van der Waals surface area contributed by atoms with Crippen molar-refractivity contribution in [3.63, 3.8) is 0 Å². The normalized spacial score (nSPS) is 14.9. The summed E-state index contributed by atoms with van der Waals surface area (Å²) in [6.07, 6.45) is 3.12. The summed E-state index contributed by atoms with van der Waals surface area (Å²) < 4.78 is 5.97. The highest BCUT2D eigenvalue weighted by molar-refractivity contribution is 6.04. The van der Waals surface area contributed by atoms with Crippen LogP contribution in [-0.4, -0.2) is 35.9 Å². The van der Waals surface area contributed by atoms with Gasteiger partial charge in [-0.25, -0.2) is 0 Å². The van der Waals surface area contributed by atoms with Crippen molar-refractivity contribution >= 4 is 17.5 Å². The van der Waals surface area contributed by atoms with E-state index >= 15 is 0 Å². The largest absolute Gasteiger partial charge is 0.481 e. The fourth-order valence-electron chi connectivity index (χ4n) is 3.75. The van der Waals surface area contributed by atoms with Crippen LogP contribution in [0, 0.1) is 13.8 Å². The van der Waals surface area contributed by atoms with E-state index in [9.17, 15) is 9.59 Å². The Morgan fingerprint density at radius 1 is 1.03 bits per heavy atom. The molecule has 29 heavy (non-hydrogen) atoms. The number of amides is 2. The maximum Gasteiger partial charge on any atom is 0.265 e. The molecule has 5 heteroatoms. The molecule has 1 fully saturated rings. The number of hydrogen-bond donors (Lipinski definition) is 1. The van der Waals surface area contributed by atoms with Crippen molar-refractivity contribution < 1.29 is 14.3 Å². The van der Waals surface area contributed by atoms with Gasteiger partial charge in [-0.15, -0.1) is 0 Å². The lowest BCUT2D eigenvalue weighted by Gasteiger charge is -2.27. The molecule has 2 aromatic rings. The number of nitrogens with zero attached hydrogens (tertiary/aromatic N) is 1. The summed E-state index contributed by atoms with van der Waals surface area (Å²) in [5.41, 5.74) is 3.25. The van der Waals surface area contributed by atoms with Crippen LogP contribution in [0.1, 0.15) is 54.1 Å². The van der Waals surface area contributed by atoms with Crippen LogP contribution in [0.4, 0.5) is 5.69 Å². The zero-order chi connectivity index (χ0) is 20.8. The number of carbonyl (C=O) groups excluding carboxylic acids is 2. The third-order valence-corrected chi connectivity index (χ3v) is 5.20. The van der Waals surface area contributed by atoms with E-state index in [0.717, 1.165) is 43.5 Å². The maximum absolute atomic E-state index is 13.0. The monoisotopic (exact) mass is 394 g/mol. The van der Waals surface area contributed by atoms with Crippen molar-refractivity contribution in [3.8, 4) is 5.75 Å².